The van der Waals surface area contributed by atoms with E-state index in [0.717, 1.165) is 6.42 Å². The van der Waals surface area contributed by atoms with Gasteiger partial charge < -0.3 is 14.1 Å². The minimum absolute atomic E-state index is 0.0900. The third-order valence-corrected chi connectivity index (χ3v) is 2.95. The van der Waals surface area contributed by atoms with Crippen molar-refractivity contribution in [2.24, 2.45) is 0 Å². The Morgan fingerprint density at radius 3 is 3.06 bits per heavy atom. The van der Waals surface area contributed by atoms with Crippen LogP contribution in [-0.2, 0) is 20.7 Å². The Morgan fingerprint density at radius 1 is 1.59 bits per heavy atom. The molecule has 0 aliphatic carbocycles. The number of carbonyl (C=O) groups excluding carboxylic acids is 2. The molecule has 0 bridgehead atoms. The molecule has 5 heteroatoms. The topological polar surface area (TPSA) is 59.8 Å². The lowest BCUT2D eigenvalue weighted by Gasteiger charge is -2.22. The fourth-order valence-electron chi connectivity index (χ4n) is 2.11. The molecule has 1 amide bonds. The summed E-state index contributed by atoms with van der Waals surface area (Å²) in [6.45, 7) is 0.610. The van der Waals surface area contributed by atoms with Crippen molar-refractivity contribution < 1.29 is 18.7 Å². The second kappa shape index (κ2) is 5.03. The average Bonchev–Trinajstić information content (AvgIpc) is 2.97. The molecule has 1 aromatic heterocycles. The number of furan rings is 1. The molecule has 0 radical (unpaired) electrons. The molecular formula is C12H15NO4. The van der Waals surface area contributed by atoms with Gasteiger partial charge >= 0.3 is 5.97 Å². The van der Waals surface area contributed by atoms with E-state index in [4.69, 9.17) is 9.15 Å². The van der Waals surface area contributed by atoms with Gasteiger partial charge in [0.15, 0.2) is 0 Å². The highest BCUT2D eigenvalue weighted by Gasteiger charge is 2.34. The SMILES string of the molecule is COC(=O)C1CCCN1C(=O)Cc1ccco1. The zero-order valence-corrected chi connectivity index (χ0v) is 9.72. The van der Waals surface area contributed by atoms with E-state index in [1.165, 1.54) is 13.4 Å². The molecule has 1 unspecified atom stereocenters. The third kappa shape index (κ3) is 2.49. The molecule has 0 aromatic carbocycles. The van der Waals surface area contributed by atoms with Crippen LogP contribution in [0.25, 0.3) is 0 Å². The molecule has 5 nitrogen and oxygen atoms in total. The largest absolute Gasteiger partial charge is 0.469 e. The predicted molar refractivity (Wildman–Crippen MR) is 59.2 cm³/mol. The Bertz CT molecular complexity index is 399. The highest BCUT2D eigenvalue weighted by Crippen LogP contribution is 2.19. The second-order valence-electron chi connectivity index (χ2n) is 4.02. The number of hydrogen-bond acceptors (Lipinski definition) is 4. The van der Waals surface area contributed by atoms with Crippen LogP contribution < -0.4 is 0 Å². The van der Waals surface area contributed by atoms with Gasteiger partial charge in [-0.3, -0.25) is 4.79 Å². The van der Waals surface area contributed by atoms with E-state index < -0.39 is 6.04 Å². The Balaban J connectivity index is 2.01. The molecule has 1 atom stereocenters. The molecule has 0 N–H and O–H groups in total. The van der Waals surface area contributed by atoms with Crippen LogP contribution in [0.1, 0.15) is 18.6 Å². The standard InChI is InChI=1S/C12H15NO4/c1-16-12(15)10-5-2-6-13(10)11(14)8-9-4-3-7-17-9/h3-4,7,10H,2,5-6,8H2,1H3. The summed E-state index contributed by atoms with van der Waals surface area (Å²) in [6, 6.07) is 3.06. The first-order chi connectivity index (χ1) is 8.22. The molecule has 92 valence electrons. The number of rotatable bonds is 3. The van der Waals surface area contributed by atoms with Crippen molar-refractivity contribution in [3.05, 3.63) is 24.2 Å². The zero-order valence-electron chi connectivity index (χ0n) is 9.72. The molecule has 2 heterocycles. The van der Waals surface area contributed by atoms with E-state index in [-0.39, 0.29) is 18.3 Å². The van der Waals surface area contributed by atoms with Crippen LogP contribution in [-0.4, -0.2) is 36.5 Å². The maximum absolute atomic E-state index is 12.0. The summed E-state index contributed by atoms with van der Waals surface area (Å²) in [5.41, 5.74) is 0. The lowest BCUT2D eigenvalue weighted by Crippen LogP contribution is -2.41. The van der Waals surface area contributed by atoms with Crippen molar-refractivity contribution in [2.75, 3.05) is 13.7 Å². The van der Waals surface area contributed by atoms with Gasteiger partial charge in [0.1, 0.15) is 11.8 Å². The highest BCUT2D eigenvalue weighted by atomic mass is 16.5. The fourth-order valence-corrected chi connectivity index (χ4v) is 2.11. The van der Waals surface area contributed by atoms with Gasteiger partial charge in [0, 0.05) is 6.54 Å². The molecule has 0 spiro atoms. The van der Waals surface area contributed by atoms with Crippen molar-refractivity contribution in [1.29, 1.82) is 0 Å². The lowest BCUT2D eigenvalue weighted by atomic mass is 10.2. The minimum Gasteiger partial charge on any atom is -0.469 e. The van der Waals surface area contributed by atoms with Gasteiger partial charge in [0.2, 0.25) is 5.91 Å². The average molecular weight is 237 g/mol. The van der Waals surface area contributed by atoms with Crippen LogP contribution in [0.3, 0.4) is 0 Å². The van der Waals surface area contributed by atoms with E-state index >= 15 is 0 Å². The highest BCUT2D eigenvalue weighted by molar-refractivity contribution is 5.86. The van der Waals surface area contributed by atoms with Gasteiger partial charge in [-0.1, -0.05) is 0 Å². The summed E-state index contributed by atoms with van der Waals surface area (Å²) < 4.78 is 9.82. The van der Waals surface area contributed by atoms with Crippen LogP contribution in [0.15, 0.2) is 22.8 Å². The summed E-state index contributed by atoms with van der Waals surface area (Å²) in [6.07, 6.45) is 3.24. The minimum atomic E-state index is -0.428. The predicted octanol–water partition coefficient (Wildman–Crippen LogP) is 0.986. The van der Waals surface area contributed by atoms with Crippen LogP contribution >= 0.6 is 0 Å². The zero-order chi connectivity index (χ0) is 12.3. The lowest BCUT2D eigenvalue weighted by molar-refractivity contribution is -0.150. The Kier molecular flexibility index (Phi) is 3.46. The monoisotopic (exact) mass is 237 g/mol. The van der Waals surface area contributed by atoms with Crippen molar-refractivity contribution in [3.8, 4) is 0 Å². The smallest absolute Gasteiger partial charge is 0.328 e. The molecule has 2 rings (SSSR count). The number of likely N-dealkylation sites (tertiary alicyclic amines) is 1. The summed E-state index contributed by atoms with van der Waals surface area (Å²) in [7, 11) is 1.34. The van der Waals surface area contributed by atoms with Crippen molar-refractivity contribution >= 4 is 11.9 Å². The number of nitrogens with zero attached hydrogens (tertiary/aromatic N) is 1. The summed E-state index contributed by atoms with van der Waals surface area (Å²) in [5.74, 6) is 0.189. The van der Waals surface area contributed by atoms with Crippen molar-refractivity contribution in [2.45, 2.75) is 25.3 Å². The van der Waals surface area contributed by atoms with Crippen LogP contribution in [0, 0.1) is 0 Å². The van der Waals surface area contributed by atoms with Crippen molar-refractivity contribution in [3.63, 3.8) is 0 Å². The maximum atomic E-state index is 12.0. The molecule has 1 saturated heterocycles. The Hall–Kier alpha value is -1.78. The van der Waals surface area contributed by atoms with Crippen LogP contribution in [0.2, 0.25) is 0 Å². The van der Waals surface area contributed by atoms with Gasteiger partial charge in [-0.15, -0.1) is 0 Å². The molecular weight excluding hydrogens is 222 g/mol. The molecule has 1 aliphatic rings. The van der Waals surface area contributed by atoms with Gasteiger partial charge in [-0.2, -0.15) is 0 Å². The molecule has 1 fully saturated rings. The normalized spacial score (nSPS) is 19.4. The molecule has 17 heavy (non-hydrogen) atoms. The van der Waals surface area contributed by atoms with E-state index in [1.807, 2.05) is 0 Å². The van der Waals surface area contributed by atoms with Gasteiger partial charge in [0.05, 0.1) is 19.8 Å². The number of methoxy groups -OCH3 is 1. The number of esters is 1. The first kappa shape index (κ1) is 11.7. The van der Waals surface area contributed by atoms with Gasteiger partial charge in [0.25, 0.3) is 0 Å². The number of hydrogen-bond donors (Lipinski definition) is 0. The van der Waals surface area contributed by atoms with E-state index in [0.29, 0.717) is 18.7 Å². The van der Waals surface area contributed by atoms with E-state index in [9.17, 15) is 9.59 Å². The van der Waals surface area contributed by atoms with Crippen LogP contribution in [0.4, 0.5) is 0 Å². The van der Waals surface area contributed by atoms with Crippen LogP contribution in [0.5, 0.6) is 0 Å². The summed E-state index contributed by atoms with van der Waals surface area (Å²) >= 11 is 0. The van der Waals surface area contributed by atoms with Crippen molar-refractivity contribution in [1.82, 2.24) is 4.90 Å². The maximum Gasteiger partial charge on any atom is 0.328 e. The molecule has 1 aliphatic heterocycles. The second-order valence-corrected chi connectivity index (χ2v) is 4.02. The number of amides is 1. The van der Waals surface area contributed by atoms with E-state index in [2.05, 4.69) is 0 Å². The number of ether oxygens (including phenoxy) is 1. The summed E-state index contributed by atoms with van der Waals surface area (Å²) in [5, 5.41) is 0. The Morgan fingerprint density at radius 2 is 2.41 bits per heavy atom. The van der Waals surface area contributed by atoms with Gasteiger partial charge in [-0.05, 0) is 25.0 Å². The van der Waals surface area contributed by atoms with Gasteiger partial charge in [-0.25, -0.2) is 4.79 Å². The molecule has 0 saturated carbocycles. The fraction of sp³-hybridized carbons (Fsp3) is 0.500. The number of carbonyl (C=O) groups is 2. The quantitative estimate of drug-likeness (QED) is 0.735. The first-order valence-corrected chi connectivity index (χ1v) is 5.62. The Labute approximate surface area is 99.3 Å². The third-order valence-electron chi connectivity index (χ3n) is 2.95. The van der Waals surface area contributed by atoms with E-state index in [1.54, 1.807) is 17.0 Å². The molecule has 1 aromatic rings. The first-order valence-electron chi connectivity index (χ1n) is 5.62. The summed E-state index contributed by atoms with van der Waals surface area (Å²) in [4.78, 5) is 25.1.